The van der Waals surface area contributed by atoms with Crippen LogP contribution in [0.1, 0.15) is 51.4 Å². The molecule has 1 aliphatic heterocycles. The van der Waals surface area contributed by atoms with Crippen LogP contribution in [0.15, 0.2) is 6.07 Å². The van der Waals surface area contributed by atoms with E-state index in [-0.39, 0.29) is 51.4 Å². The topological polar surface area (TPSA) is 41.9 Å². The van der Waals surface area contributed by atoms with E-state index in [0.29, 0.717) is 0 Å². The van der Waals surface area contributed by atoms with E-state index in [9.17, 15) is 0 Å². The SMILES string of the molecule is CC.CCc1nc(C)cc2n[c-]nc(N3CCCCC3)c12.[K+]. The van der Waals surface area contributed by atoms with Crippen LogP contribution in [0.25, 0.3) is 10.9 Å². The zero-order chi connectivity index (χ0) is 15.2. The summed E-state index contributed by atoms with van der Waals surface area (Å²) >= 11 is 0. The first-order valence-electron chi connectivity index (χ1n) is 8.09. The van der Waals surface area contributed by atoms with Crippen LogP contribution in [-0.2, 0) is 6.42 Å². The smallest absolute Gasteiger partial charge is 0.408 e. The number of pyridine rings is 1. The van der Waals surface area contributed by atoms with Crippen LogP contribution in [0, 0.1) is 13.3 Å². The van der Waals surface area contributed by atoms with Crippen LogP contribution < -0.4 is 56.3 Å². The molecule has 0 aromatic carbocycles. The summed E-state index contributed by atoms with van der Waals surface area (Å²) in [5.74, 6) is 1.02. The zero-order valence-electron chi connectivity index (χ0n) is 14.6. The molecule has 0 atom stereocenters. The van der Waals surface area contributed by atoms with Crippen molar-refractivity contribution in [3.05, 3.63) is 23.8 Å². The molecule has 4 nitrogen and oxygen atoms in total. The summed E-state index contributed by atoms with van der Waals surface area (Å²) in [6.07, 6.45) is 7.52. The molecule has 1 saturated heterocycles. The van der Waals surface area contributed by atoms with Gasteiger partial charge >= 0.3 is 51.4 Å². The maximum atomic E-state index is 4.65. The normalized spacial score (nSPS) is 14.1. The molecular formula is C17H25KN4. The zero-order valence-corrected chi connectivity index (χ0v) is 17.7. The Balaban J connectivity index is 0.000000775. The minimum absolute atomic E-state index is 0. The molecule has 114 valence electrons. The monoisotopic (exact) mass is 324 g/mol. The summed E-state index contributed by atoms with van der Waals surface area (Å²) in [5.41, 5.74) is 3.09. The van der Waals surface area contributed by atoms with Crippen molar-refractivity contribution in [2.45, 2.75) is 53.4 Å². The number of hydrogen-bond acceptors (Lipinski definition) is 4. The number of hydrogen-bond donors (Lipinski definition) is 0. The number of fused-ring (bicyclic) bond motifs is 1. The third-order valence-corrected chi connectivity index (χ3v) is 3.74. The van der Waals surface area contributed by atoms with Crippen molar-refractivity contribution < 1.29 is 51.4 Å². The molecule has 0 aliphatic carbocycles. The van der Waals surface area contributed by atoms with Gasteiger partial charge in [0, 0.05) is 36.6 Å². The number of anilines is 1. The van der Waals surface area contributed by atoms with Gasteiger partial charge < -0.3 is 14.9 Å². The molecule has 1 fully saturated rings. The van der Waals surface area contributed by atoms with Gasteiger partial charge in [0.2, 0.25) is 0 Å². The largest absolute Gasteiger partial charge is 1.00 e. The Morgan fingerprint density at radius 3 is 2.45 bits per heavy atom. The molecule has 0 amide bonds. The van der Waals surface area contributed by atoms with Crippen molar-refractivity contribution in [2.75, 3.05) is 18.0 Å². The molecule has 5 heteroatoms. The van der Waals surface area contributed by atoms with Gasteiger partial charge in [0.1, 0.15) is 0 Å². The predicted octanol–water partition coefficient (Wildman–Crippen LogP) is 0.716. The number of aryl methyl sites for hydroxylation is 2. The Bertz CT molecular complexity index is 594. The maximum absolute atomic E-state index is 4.65. The molecule has 0 unspecified atom stereocenters. The van der Waals surface area contributed by atoms with E-state index in [1.54, 1.807) is 0 Å². The Kier molecular flexibility index (Phi) is 9.01. The van der Waals surface area contributed by atoms with E-state index in [0.717, 1.165) is 47.6 Å². The van der Waals surface area contributed by atoms with Crippen molar-refractivity contribution in [1.82, 2.24) is 15.0 Å². The van der Waals surface area contributed by atoms with E-state index in [1.807, 2.05) is 26.8 Å². The molecule has 22 heavy (non-hydrogen) atoms. The van der Waals surface area contributed by atoms with Crippen LogP contribution in [0.3, 0.4) is 0 Å². The molecule has 0 spiro atoms. The van der Waals surface area contributed by atoms with Crippen LogP contribution in [0.2, 0.25) is 0 Å². The molecule has 0 saturated carbocycles. The van der Waals surface area contributed by atoms with Crippen molar-refractivity contribution in [3.8, 4) is 0 Å². The minimum Gasteiger partial charge on any atom is -0.408 e. The van der Waals surface area contributed by atoms with Crippen LogP contribution >= 0.6 is 0 Å². The van der Waals surface area contributed by atoms with Gasteiger partial charge in [-0.15, -0.1) is 0 Å². The number of rotatable bonds is 2. The van der Waals surface area contributed by atoms with Gasteiger partial charge in [-0.2, -0.15) is 0 Å². The summed E-state index contributed by atoms with van der Waals surface area (Å²) in [6.45, 7) is 10.3. The Morgan fingerprint density at radius 1 is 1.14 bits per heavy atom. The first-order valence-corrected chi connectivity index (χ1v) is 8.09. The summed E-state index contributed by atoms with van der Waals surface area (Å²) in [4.78, 5) is 15.7. The Hall–Kier alpha value is -0.0736. The minimum atomic E-state index is 0. The van der Waals surface area contributed by atoms with Crippen molar-refractivity contribution in [1.29, 1.82) is 0 Å². The predicted molar refractivity (Wildman–Crippen MR) is 87.7 cm³/mol. The fraction of sp³-hybridized carbons (Fsp3) is 0.588. The number of piperidine rings is 1. The van der Waals surface area contributed by atoms with Crippen LogP contribution in [0.5, 0.6) is 0 Å². The van der Waals surface area contributed by atoms with Gasteiger partial charge in [0.05, 0.1) is 0 Å². The standard InChI is InChI=1S/C15H19N4.C2H6.K/c1-3-12-14-13(9-11(2)18-12)16-10-17-15(14)19-7-5-4-6-8-19;1-2;/h9H,3-8H2,1-2H3;1-2H3;/q-1;;+1. The maximum Gasteiger partial charge on any atom is 1.00 e. The first kappa shape index (κ1) is 20.0. The van der Waals surface area contributed by atoms with Crippen molar-refractivity contribution >= 4 is 16.7 Å². The summed E-state index contributed by atoms with van der Waals surface area (Å²) in [7, 11) is 0. The third-order valence-electron chi connectivity index (χ3n) is 3.74. The molecule has 0 radical (unpaired) electrons. The van der Waals surface area contributed by atoms with Gasteiger partial charge in [0.25, 0.3) is 0 Å². The van der Waals surface area contributed by atoms with E-state index >= 15 is 0 Å². The van der Waals surface area contributed by atoms with E-state index < -0.39 is 0 Å². The van der Waals surface area contributed by atoms with Gasteiger partial charge in [-0.25, -0.2) is 0 Å². The fourth-order valence-corrected chi connectivity index (χ4v) is 2.82. The van der Waals surface area contributed by atoms with Crippen molar-refractivity contribution in [3.63, 3.8) is 0 Å². The molecule has 3 heterocycles. The molecule has 2 aromatic rings. The number of aromatic nitrogens is 3. The summed E-state index contributed by atoms with van der Waals surface area (Å²) < 4.78 is 0. The van der Waals surface area contributed by atoms with E-state index in [2.05, 4.69) is 33.1 Å². The molecule has 2 aromatic heterocycles. The van der Waals surface area contributed by atoms with Gasteiger partial charge in [0.15, 0.2) is 0 Å². The van der Waals surface area contributed by atoms with Crippen LogP contribution in [0.4, 0.5) is 5.82 Å². The number of nitrogens with zero attached hydrogens (tertiary/aromatic N) is 4. The van der Waals surface area contributed by atoms with E-state index in [4.69, 9.17) is 0 Å². The average molecular weight is 325 g/mol. The van der Waals surface area contributed by atoms with Gasteiger partial charge in [-0.3, -0.25) is 4.98 Å². The fourth-order valence-electron chi connectivity index (χ4n) is 2.82. The van der Waals surface area contributed by atoms with Crippen molar-refractivity contribution in [2.24, 2.45) is 0 Å². The van der Waals surface area contributed by atoms with Gasteiger partial charge in [-0.05, 0) is 37.1 Å². The molecular weight excluding hydrogens is 299 g/mol. The average Bonchev–Trinajstić information content (AvgIpc) is 2.56. The molecule has 0 N–H and O–H groups in total. The van der Waals surface area contributed by atoms with Gasteiger partial charge in [-0.1, -0.05) is 33.3 Å². The second kappa shape index (κ2) is 9.93. The van der Waals surface area contributed by atoms with E-state index in [1.165, 1.54) is 19.3 Å². The summed E-state index contributed by atoms with van der Waals surface area (Å²) in [5, 5.41) is 1.12. The van der Waals surface area contributed by atoms with Crippen LogP contribution in [-0.4, -0.2) is 28.0 Å². The summed E-state index contributed by atoms with van der Waals surface area (Å²) in [6, 6.07) is 2.03. The Morgan fingerprint density at radius 2 is 1.82 bits per heavy atom. The third kappa shape index (κ3) is 4.48. The second-order valence-electron chi connectivity index (χ2n) is 5.15. The quantitative estimate of drug-likeness (QED) is 0.603. The Labute approximate surface area is 176 Å². The molecule has 0 bridgehead atoms. The molecule has 3 rings (SSSR count). The first-order chi connectivity index (χ1) is 10.3. The second-order valence-corrected chi connectivity index (χ2v) is 5.15. The molecule has 1 aliphatic rings.